The van der Waals surface area contributed by atoms with E-state index >= 15 is 0 Å². The van der Waals surface area contributed by atoms with Crippen LogP contribution in [0.1, 0.15) is 93.4 Å². The Morgan fingerprint density at radius 1 is 0.980 bits per heavy atom. The van der Waals surface area contributed by atoms with Crippen molar-refractivity contribution in [3.05, 3.63) is 94.2 Å². The Morgan fingerprint density at radius 3 is 2.28 bits per heavy atom. The van der Waals surface area contributed by atoms with Gasteiger partial charge in [-0.3, -0.25) is 14.1 Å². The Bertz CT molecular complexity index is 1810. The summed E-state index contributed by atoms with van der Waals surface area (Å²) in [6.07, 6.45) is 5.11. The zero-order chi connectivity index (χ0) is 36.6. The van der Waals surface area contributed by atoms with Crippen molar-refractivity contribution in [3.8, 4) is 0 Å². The van der Waals surface area contributed by atoms with Crippen molar-refractivity contribution >= 4 is 37.6 Å². The van der Waals surface area contributed by atoms with Gasteiger partial charge in [0.05, 0.1) is 12.1 Å². The molecule has 268 valence electrons. The molecule has 12 heteroatoms. The predicted molar refractivity (Wildman–Crippen MR) is 199 cm³/mol. The fraction of sp³-hybridized carbons (Fsp3) is 0.500. The van der Waals surface area contributed by atoms with Crippen molar-refractivity contribution < 1.29 is 18.8 Å². The molecule has 1 aliphatic rings. The van der Waals surface area contributed by atoms with E-state index in [0.717, 1.165) is 41.0 Å². The van der Waals surface area contributed by atoms with Crippen LogP contribution in [0.4, 0.5) is 4.79 Å². The van der Waals surface area contributed by atoms with Gasteiger partial charge in [0.2, 0.25) is 0 Å². The van der Waals surface area contributed by atoms with Crippen LogP contribution in [0.5, 0.6) is 0 Å². The first-order valence-electron chi connectivity index (χ1n) is 17.3. The van der Waals surface area contributed by atoms with E-state index in [0.29, 0.717) is 23.7 Å². The molecule has 5 rings (SSSR count). The molecular weight excluding hydrogens is 668 g/mol. The lowest BCUT2D eigenvalue weighted by Gasteiger charge is -2.43. The summed E-state index contributed by atoms with van der Waals surface area (Å²) in [5.41, 5.74) is 3.62. The normalized spacial score (nSPS) is 17.6. The van der Waals surface area contributed by atoms with Crippen LogP contribution in [0, 0.1) is 6.92 Å². The largest absolute Gasteiger partial charge is 0.444 e. The maximum absolute atomic E-state index is 14.0. The molecule has 2 amide bonds. The summed E-state index contributed by atoms with van der Waals surface area (Å²) in [5, 5.41) is 8.62. The highest BCUT2D eigenvalue weighted by atomic mass is 35.5. The monoisotopic (exact) mass is 718 g/mol. The average molecular weight is 719 g/mol. The summed E-state index contributed by atoms with van der Waals surface area (Å²) >= 11 is 6.19. The molecule has 0 radical (unpaired) electrons. The van der Waals surface area contributed by atoms with Crippen molar-refractivity contribution in [3.63, 3.8) is 0 Å². The maximum Gasteiger partial charge on any atom is 0.410 e. The molecular formula is C38H51ClN6O4Si. The fourth-order valence-corrected chi connectivity index (χ4v) is 7.59. The quantitative estimate of drug-likeness (QED) is 0.126. The van der Waals surface area contributed by atoms with E-state index in [-0.39, 0.29) is 29.1 Å². The molecule has 10 nitrogen and oxygen atoms in total. The van der Waals surface area contributed by atoms with Gasteiger partial charge in [0, 0.05) is 43.2 Å². The Balaban J connectivity index is 1.37. The van der Waals surface area contributed by atoms with Gasteiger partial charge in [-0.05, 0) is 100 Å². The summed E-state index contributed by atoms with van der Waals surface area (Å²) in [7, 11) is -0.484. The summed E-state index contributed by atoms with van der Waals surface area (Å²) in [6, 6.07) is 14.9. The minimum atomic E-state index is -2.28. The number of halogens is 1. The molecule has 0 aliphatic carbocycles. The molecule has 0 bridgehead atoms. The van der Waals surface area contributed by atoms with E-state index in [1.54, 1.807) is 24.2 Å². The van der Waals surface area contributed by atoms with Gasteiger partial charge in [0.15, 0.2) is 14.0 Å². The molecule has 1 aliphatic heterocycles. The van der Waals surface area contributed by atoms with E-state index in [1.165, 1.54) is 0 Å². The van der Waals surface area contributed by atoms with Gasteiger partial charge in [-0.15, -0.1) is 10.2 Å². The number of aromatic nitrogens is 4. The van der Waals surface area contributed by atoms with Gasteiger partial charge < -0.3 is 14.1 Å². The number of ether oxygens (including phenoxy) is 1. The Kier molecular flexibility index (Phi) is 10.8. The Labute approximate surface area is 302 Å². The molecule has 1 fully saturated rings. The highest BCUT2D eigenvalue weighted by Gasteiger charge is 2.48. The number of pyridine rings is 2. The van der Waals surface area contributed by atoms with Gasteiger partial charge in [-0.1, -0.05) is 56.6 Å². The average Bonchev–Trinajstić information content (AvgIpc) is 3.62. The summed E-state index contributed by atoms with van der Waals surface area (Å²) in [5.74, 6) is 0.724. The molecule has 0 N–H and O–H groups in total. The highest BCUT2D eigenvalue weighted by Crippen LogP contribution is 2.44. The lowest BCUT2D eigenvalue weighted by atomic mass is 10.0. The molecule has 1 aromatic carbocycles. The van der Waals surface area contributed by atoms with E-state index in [2.05, 4.69) is 49.0 Å². The molecule has 4 aromatic rings. The number of amides is 2. The molecule has 1 saturated heterocycles. The first kappa shape index (κ1) is 37.5. The second-order valence-corrected chi connectivity index (χ2v) is 21.1. The van der Waals surface area contributed by atoms with Crippen molar-refractivity contribution in [1.82, 2.24) is 29.4 Å². The van der Waals surface area contributed by atoms with Crippen LogP contribution in [0.2, 0.25) is 23.3 Å². The summed E-state index contributed by atoms with van der Waals surface area (Å²) in [4.78, 5) is 35.4. The van der Waals surface area contributed by atoms with Crippen LogP contribution >= 0.6 is 11.6 Å². The zero-order valence-corrected chi connectivity index (χ0v) is 32.8. The number of benzene rings is 1. The smallest absolute Gasteiger partial charge is 0.410 e. The molecule has 3 atom stereocenters. The lowest BCUT2D eigenvalue weighted by molar-refractivity contribution is -0.00244. The Morgan fingerprint density at radius 2 is 1.66 bits per heavy atom. The van der Waals surface area contributed by atoms with Crippen LogP contribution in [0.15, 0.2) is 60.9 Å². The van der Waals surface area contributed by atoms with Gasteiger partial charge in [0.25, 0.3) is 5.91 Å². The van der Waals surface area contributed by atoms with Crippen molar-refractivity contribution in [2.75, 3.05) is 7.05 Å². The molecule has 0 saturated carbocycles. The molecule has 0 spiro atoms. The van der Waals surface area contributed by atoms with Crippen molar-refractivity contribution in [2.45, 2.75) is 116 Å². The van der Waals surface area contributed by atoms with Gasteiger partial charge in [0.1, 0.15) is 16.6 Å². The van der Waals surface area contributed by atoms with E-state index in [4.69, 9.17) is 20.8 Å². The number of hydrogen-bond acceptors (Lipinski definition) is 7. The topological polar surface area (TPSA) is 102 Å². The second kappa shape index (κ2) is 14.4. The van der Waals surface area contributed by atoms with E-state index in [9.17, 15) is 9.59 Å². The summed E-state index contributed by atoms with van der Waals surface area (Å²) < 4.78 is 15.1. The first-order valence-corrected chi connectivity index (χ1v) is 20.6. The number of rotatable bonds is 9. The van der Waals surface area contributed by atoms with Crippen molar-refractivity contribution in [1.29, 1.82) is 0 Å². The van der Waals surface area contributed by atoms with Crippen LogP contribution in [-0.2, 0) is 22.1 Å². The Hall–Kier alpha value is -3.80. The fourth-order valence-electron chi connectivity index (χ4n) is 6.19. The number of likely N-dealkylation sites (tertiary alicyclic amines) is 1. The molecule has 0 unspecified atom stereocenters. The van der Waals surface area contributed by atoms with Crippen LogP contribution in [-0.4, -0.2) is 74.4 Å². The van der Waals surface area contributed by atoms with E-state index < -0.39 is 20.0 Å². The van der Waals surface area contributed by atoms with Gasteiger partial charge >= 0.3 is 6.09 Å². The van der Waals surface area contributed by atoms with Crippen LogP contribution < -0.4 is 0 Å². The number of nitrogens with zero attached hydrogens (tertiary/aromatic N) is 6. The predicted octanol–water partition coefficient (Wildman–Crippen LogP) is 8.43. The molecule has 3 aromatic heterocycles. The van der Waals surface area contributed by atoms with E-state index in [1.807, 2.05) is 85.7 Å². The zero-order valence-electron chi connectivity index (χ0n) is 31.0. The number of hydrogen-bond donors (Lipinski definition) is 0. The lowest BCUT2D eigenvalue weighted by Crippen LogP contribution is -2.50. The summed E-state index contributed by atoms with van der Waals surface area (Å²) in [6.45, 7) is 19.1. The first-order chi connectivity index (χ1) is 23.3. The standard InChI is InChI=1S/C38H51ClN6O4Si/c1-25-41-42-33-20-13-27(24-44(25)33)23-43(8)35(46)28-14-11-26(12-15-28)21-30-17-18-31(45(30)36(47)48-37(2,3)4)34(29-16-19-32(39)40-22-29)49-50(9,10)38(5,6)7/h11-16,19-20,22,24,30-31,34H,17-18,21,23H2,1-10H3/t30-,31+,34+/m0/s1. The maximum atomic E-state index is 14.0. The third kappa shape index (κ3) is 8.55. The van der Waals surface area contributed by atoms with Gasteiger partial charge in [-0.25, -0.2) is 9.78 Å². The number of carbonyl (C=O) groups is 2. The minimum absolute atomic E-state index is 0.0444. The van der Waals surface area contributed by atoms with Crippen LogP contribution in [0.25, 0.3) is 5.65 Å². The SMILES string of the molecule is Cc1nnc2ccc(CN(C)C(=O)c3ccc(C[C@@H]4CC[C@H]([C@H](O[Si](C)(C)C(C)(C)C)c5ccc(Cl)nc5)N4C(=O)OC(C)(C)C)cc3)cn12. The van der Waals surface area contributed by atoms with Crippen molar-refractivity contribution in [2.24, 2.45) is 0 Å². The molecule has 4 heterocycles. The molecule has 50 heavy (non-hydrogen) atoms. The van der Waals surface area contributed by atoms with Crippen LogP contribution in [0.3, 0.4) is 0 Å². The third-order valence-corrected chi connectivity index (χ3v) is 14.6. The third-order valence-electron chi connectivity index (χ3n) is 9.88. The minimum Gasteiger partial charge on any atom is -0.444 e. The van der Waals surface area contributed by atoms with Gasteiger partial charge in [-0.2, -0.15) is 0 Å². The second-order valence-electron chi connectivity index (χ2n) is 16.0. The number of aryl methyl sites for hydroxylation is 1. The highest BCUT2D eigenvalue weighted by molar-refractivity contribution is 6.74. The number of carbonyl (C=O) groups excluding carboxylic acids is 2. The number of fused-ring (bicyclic) bond motifs is 1.